The highest BCUT2D eigenvalue weighted by Crippen LogP contribution is 2.26. The zero-order chi connectivity index (χ0) is 12.4. The van der Waals surface area contributed by atoms with Crippen LogP contribution in [0.15, 0.2) is 18.2 Å². The molecule has 0 saturated heterocycles. The summed E-state index contributed by atoms with van der Waals surface area (Å²) in [5, 5.41) is 2.97. The van der Waals surface area contributed by atoms with Gasteiger partial charge in [-0.1, -0.05) is 6.07 Å². The van der Waals surface area contributed by atoms with Gasteiger partial charge in [0.25, 0.3) is 0 Å². The number of anilines is 1. The van der Waals surface area contributed by atoms with Crippen molar-refractivity contribution in [1.29, 1.82) is 0 Å². The fourth-order valence-corrected chi connectivity index (χ4v) is 2.68. The van der Waals surface area contributed by atoms with Gasteiger partial charge < -0.3 is 11.1 Å². The Morgan fingerprint density at radius 2 is 2.24 bits per heavy atom. The maximum absolute atomic E-state index is 12.0. The van der Waals surface area contributed by atoms with E-state index in [1.54, 1.807) is 0 Å². The molecule has 1 fully saturated rings. The molecule has 2 atom stereocenters. The van der Waals surface area contributed by atoms with Gasteiger partial charge >= 0.3 is 0 Å². The molecule has 0 heterocycles. The zero-order valence-electron chi connectivity index (χ0n) is 9.87. The zero-order valence-corrected chi connectivity index (χ0v) is 12.0. The van der Waals surface area contributed by atoms with Gasteiger partial charge in [0, 0.05) is 21.2 Å². The third kappa shape index (κ3) is 3.19. The van der Waals surface area contributed by atoms with E-state index in [0.29, 0.717) is 0 Å². The molecule has 17 heavy (non-hydrogen) atoms. The van der Waals surface area contributed by atoms with Gasteiger partial charge in [0.15, 0.2) is 0 Å². The second kappa shape index (κ2) is 5.35. The van der Waals surface area contributed by atoms with Crippen molar-refractivity contribution >= 4 is 34.2 Å². The summed E-state index contributed by atoms with van der Waals surface area (Å²) in [4.78, 5) is 12.0. The maximum Gasteiger partial charge on any atom is 0.227 e. The second-order valence-electron chi connectivity index (χ2n) is 4.72. The van der Waals surface area contributed by atoms with Crippen LogP contribution in [-0.4, -0.2) is 11.9 Å². The third-order valence-corrected chi connectivity index (χ3v) is 4.45. The van der Waals surface area contributed by atoms with Crippen molar-refractivity contribution in [2.24, 2.45) is 11.7 Å². The molecule has 0 bridgehead atoms. The minimum absolute atomic E-state index is 0.0870. The Balaban J connectivity index is 2.00. The highest BCUT2D eigenvalue weighted by Gasteiger charge is 2.27. The molecule has 3 N–H and O–H groups in total. The van der Waals surface area contributed by atoms with Crippen LogP contribution in [0, 0.1) is 16.4 Å². The Kier molecular flexibility index (Phi) is 4.04. The van der Waals surface area contributed by atoms with Gasteiger partial charge in [-0.15, -0.1) is 0 Å². The molecular weight excluding hydrogens is 327 g/mol. The highest BCUT2D eigenvalue weighted by molar-refractivity contribution is 14.1. The number of hydrogen-bond donors (Lipinski definition) is 2. The topological polar surface area (TPSA) is 55.1 Å². The molecule has 1 aromatic rings. The average Bonchev–Trinajstić information content (AvgIpc) is 2.70. The fraction of sp³-hybridized carbons (Fsp3) is 0.462. The Morgan fingerprint density at radius 3 is 2.82 bits per heavy atom. The van der Waals surface area contributed by atoms with Crippen LogP contribution in [-0.2, 0) is 4.79 Å². The van der Waals surface area contributed by atoms with Crippen LogP contribution in [0.5, 0.6) is 0 Å². The highest BCUT2D eigenvalue weighted by atomic mass is 127. The lowest BCUT2D eigenvalue weighted by Gasteiger charge is -2.11. The quantitative estimate of drug-likeness (QED) is 0.811. The monoisotopic (exact) mass is 344 g/mol. The maximum atomic E-state index is 12.0. The Morgan fingerprint density at radius 1 is 1.47 bits per heavy atom. The number of carbonyl (C=O) groups is 1. The molecule has 1 aliphatic rings. The molecule has 1 amide bonds. The van der Waals surface area contributed by atoms with Crippen molar-refractivity contribution in [3.05, 3.63) is 27.3 Å². The van der Waals surface area contributed by atoms with E-state index >= 15 is 0 Å². The smallest absolute Gasteiger partial charge is 0.227 e. The minimum Gasteiger partial charge on any atom is -0.328 e. The van der Waals surface area contributed by atoms with Crippen LogP contribution in [0.1, 0.15) is 24.8 Å². The summed E-state index contributed by atoms with van der Waals surface area (Å²) >= 11 is 2.28. The molecule has 0 aromatic heterocycles. The Hall–Kier alpha value is -0.620. The molecule has 3 nitrogen and oxygen atoms in total. The van der Waals surface area contributed by atoms with E-state index < -0.39 is 0 Å². The molecule has 2 unspecified atom stereocenters. The Labute approximate surface area is 115 Å². The number of aryl methyl sites for hydroxylation is 1. The van der Waals surface area contributed by atoms with Crippen LogP contribution < -0.4 is 11.1 Å². The molecule has 1 aliphatic carbocycles. The molecule has 0 aliphatic heterocycles. The lowest BCUT2D eigenvalue weighted by molar-refractivity contribution is -0.119. The number of nitrogens with two attached hydrogens (primary N) is 1. The van der Waals surface area contributed by atoms with Gasteiger partial charge in [0.1, 0.15) is 0 Å². The molecule has 0 radical (unpaired) electrons. The predicted molar refractivity (Wildman–Crippen MR) is 77.8 cm³/mol. The van der Waals surface area contributed by atoms with Crippen LogP contribution in [0.2, 0.25) is 0 Å². The van der Waals surface area contributed by atoms with Crippen LogP contribution in [0.25, 0.3) is 0 Å². The summed E-state index contributed by atoms with van der Waals surface area (Å²) in [6.07, 6.45) is 2.69. The first-order valence-corrected chi connectivity index (χ1v) is 6.96. The molecule has 1 saturated carbocycles. The van der Waals surface area contributed by atoms with Crippen molar-refractivity contribution in [1.82, 2.24) is 0 Å². The fourth-order valence-electron chi connectivity index (χ4n) is 2.17. The van der Waals surface area contributed by atoms with Crippen molar-refractivity contribution in [3.63, 3.8) is 0 Å². The van der Waals surface area contributed by atoms with E-state index in [1.807, 2.05) is 18.2 Å². The summed E-state index contributed by atoms with van der Waals surface area (Å²) in [7, 11) is 0. The number of benzene rings is 1. The molecular formula is C13H17IN2O. The summed E-state index contributed by atoms with van der Waals surface area (Å²) < 4.78 is 1.17. The van der Waals surface area contributed by atoms with E-state index in [0.717, 1.165) is 24.9 Å². The lowest BCUT2D eigenvalue weighted by atomic mass is 10.1. The van der Waals surface area contributed by atoms with Gasteiger partial charge in [-0.3, -0.25) is 4.79 Å². The van der Waals surface area contributed by atoms with Crippen molar-refractivity contribution in [2.45, 2.75) is 32.2 Å². The molecule has 0 spiro atoms. The number of rotatable bonds is 2. The van der Waals surface area contributed by atoms with E-state index in [9.17, 15) is 4.79 Å². The number of carbonyl (C=O) groups excluding carboxylic acids is 1. The predicted octanol–water partition coefficient (Wildman–Crippen LogP) is 2.67. The molecule has 4 heteroatoms. The molecule has 2 rings (SSSR count). The van der Waals surface area contributed by atoms with Crippen LogP contribution in [0.4, 0.5) is 5.69 Å². The third-order valence-electron chi connectivity index (χ3n) is 3.28. The van der Waals surface area contributed by atoms with E-state index in [1.165, 1.54) is 9.13 Å². The first-order chi connectivity index (χ1) is 8.06. The second-order valence-corrected chi connectivity index (χ2v) is 5.89. The van der Waals surface area contributed by atoms with Crippen molar-refractivity contribution < 1.29 is 4.79 Å². The SMILES string of the molecule is Cc1ccc(NC(=O)C2CCC(N)C2)cc1I. The van der Waals surface area contributed by atoms with E-state index in [-0.39, 0.29) is 17.9 Å². The van der Waals surface area contributed by atoms with Gasteiger partial charge in [0.05, 0.1) is 0 Å². The Bertz CT molecular complexity index is 433. The largest absolute Gasteiger partial charge is 0.328 e. The minimum atomic E-state index is 0.0870. The van der Waals surface area contributed by atoms with Crippen LogP contribution in [0.3, 0.4) is 0 Å². The van der Waals surface area contributed by atoms with Crippen molar-refractivity contribution in [3.8, 4) is 0 Å². The first kappa shape index (κ1) is 12.8. The van der Waals surface area contributed by atoms with E-state index in [2.05, 4.69) is 34.8 Å². The van der Waals surface area contributed by atoms with Crippen LogP contribution >= 0.6 is 22.6 Å². The number of hydrogen-bond acceptors (Lipinski definition) is 2. The lowest BCUT2D eigenvalue weighted by Crippen LogP contribution is -2.23. The normalized spacial score (nSPS) is 23.7. The first-order valence-electron chi connectivity index (χ1n) is 5.89. The summed E-state index contributed by atoms with van der Waals surface area (Å²) in [6, 6.07) is 6.17. The summed E-state index contributed by atoms with van der Waals surface area (Å²) in [5.74, 6) is 0.196. The molecule has 1 aromatic carbocycles. The average molecular weight is 344 g/mol. The van der Waals surface area contributed by atoms with Crippen molar-refractivity contribution in [2.75, 3.05) is 5.32 Å². The summed E-state index contributed by atoms with van der Waals surface area (Å²) in [6.45, 7) is 2.06. The van der Waals surface area contributed by atoms with Gasteiger partial charge in [-0.25, -0.2) is 0 Å². The standard InChI is InChI=1S/C13H17IN2O/c1-8-2-5-11(7-12(8)14)16-13(17)9-3-4-10(15)6-9/h2,5,7,9-10H,3-4,6,15H2,1H3,(H,16,17). The number of nitrogens with one attached hydrogen (secondary N) is 1. The van der Waals surface area contributed by atoms with Gasteiger partial charge in [0.2, 0.25) is 5.91 Å². The number of amides is 1. The molecule has 92 valence electrons. The van der Waals surface area contributed by atoms with Gasteiger partial charge in [-0.05, 0) is 66.5 Å². The van der Waals surface area contributed by atoms with E-state index in [4.69, 9.17) is 5.73 Å². The summed E-state index contributed by atoms with van der Waals surface area (Å²) in [5.41, 5.74) is 7.93. The van der Waals surface area contributed by atoms with Gasteiger partial charge in [-0.2, -0.15) is 0 Å². The number of halogens is 1.